The molecule has 0 amide bonds. The Morgan fingerprint density at radius 3 is 3.06 bits per heavy atom. The van der Waals surface area contributed by atoms with E-state index in [-0.39, 0.29) is 12.5 Å². The monoisotopic (exact) mass is 221 g/mol. The highest BCUT2D eigenvalue weighted by Gasteiger charge is 2.24. The third kappa shape index (κ3) is 2.02. The number of benzene rings is 1. The highest BCUT2D eigenvalue weighted by atomic mass is 16.5. The van der Waals surface area contributed by atoms with Crippen molar-refractivity contribution in [3.8, 4) is 0 Å². The molecule has 1 heterocycles. The summed E-state index contributed by atoms with van der Waals surface area (Å²) >= 11 is 0. The summed E-state index contributed by atoms with van der Waals surface area (Å²) < 4.78 is 4.65. The summed E-state index contributed by atoms with van der Waals surface area (Å²) in [6.45, 7) is 0.910. The standard InChI is InChI=1S/C12H15NO3/c1-16-12(15)8-13-7-6-11(14)9-4-2-3-5-10(9)13/h2-5,11,14H,6-8H2,1H3. The van der Waals surface area contributed by atoms with Crippen LogP contribution in [0.5, 0.6) is 0 Å². The molecular formula is C12H15NO3. The van der Waals surface area contributed by atoms with Gasteiger partial charge in [-0.1, -0.05) is 18.2 Å². The minimum atomic E-state index is -0.426. The zero-order valence-electron chi connectivity index (χ0n) is 9.22. The van der Waals surface area contributed by atoms with E-state index in [0.29, 0.717) is 13.0 Å². The van der Waals surface area contributed by atoms with Crippen molar-refractivity contribution in [3.63, 3.8) is 0 Å². The van der Waals surface area contributed by atoms with Crippen molar-refractivity contribution in [2.24, 2.45) is 0 Å². The van der Waals surface area contributed by atoms with Gasteiger partial charge in [-0.2, -0.15) is 0 Å². The normalized spacial score (nSPS) is 19.1. The topological polar surface area (TPSA) is 49.8 Å². The van der Waals surface area contributed by atoms with Gasteiger partial charge in [0.1, 0.15) is 6.54 Å². The van der Waals surface area contributed by atoms with E-state index in [4.69, 9.17) is 0 Å². The number of aliphatic hydroxyl groups is 1. The van der Waals surface area contributed by atoms with Crippen molar-refractivity contribution in [2.75, 3.05) is 25.1 Å². The van der Waals surface area contributed by atoms with Gasteiger partial charge in [-0.15, -0.1) is 0 Å². The van der Waals surface area contributed by atoms with E-state index in [1.807, 2.05) is 29.2 Å². The van der Waals surface area contributed by atoms with Crippen molar-refractivity contribution in [2.45, 2.75) is 12.5 Å². The number of carbonyl (C=O) groups is 1. The lowest BCUT2D eigenvalue weighted by Gasteiger charge is -2.32. The molecule has 16 heavy (non-hydrogen) atoms. The first kappa shape index (κ1) is 11.0. The fourth-order valence-electron chi connectivity index (χ4n) is 2.00. The Kier molecular flexibility index (Phi) is 3.10. The second-order valence-corrected chi connectivity index (χ2v) is 3.86. The number of fused-ring (bicyclic) bond motifs is 1. The number of nitrogens with zero attached hydrogens (tertiary/aromatic N) is 1. The van der Waals surface area contributed by atoms with Crippen LogP contribution in [0.15, 0.2) is 24.3 Å². The fourth-order valence-corrected chi connectivity index (χ4v) is 2.00. The van der Waals surface area contributed by atoms with E-state index < -0.39 is 6.10 Å². The summed E-state index contributed by atoms with van der Waals surface area (Å²) in [5.74, 6) is -0.258. The zero-order chi connectivity index (χ0) is 11.5. The SMILES string of the molecule is COC(=O)CN1CCC(O)c2ccccc21. The predicted molar refractivity (Wildman–Crippen MR) is 60.2 cm³/mol. The van der Waals surface area contributed by atoms with E-state index >= 15 is 0 Å². The maximum atomic E-state index is 11.2. The number of carbonyl (C=O) groups excluding carboxylic acids is 1. The van der Waals surface area contributed by atoms with E-state index in [1.165, 1.54) is 7.11 Å². The van der Waals surface area contributed by atoms with Gasteiger partial charge in [-0.25, -0.2) is 0 Å². The third-order valence-electron chi connectivity index (χ3n) is 2.86. The molecule has 1 aromatic rings. The number of hydrogen-bond acceptors (Lipinski definition) is 4. The average molecular weight is 221 g/mol. The lowest BCUT2D eigenvalue weighted by Crippen LogP contribution is -2.35. The van der Waals surface area contributed by atoms with Gasteiger partial charge < -0.3 is 14.7 Å². The van der Waals surface area contributed by atoms with Gasteiger partial charge in [-0.05, 0) is 12.5 Å². The molecule has 0 radical (unpaired) electrons. The van der Waals surface area contributed by atoms with Gasteiger partial charge in [0.25, 0.3) is 0 Å². The molecule has 1 aliphatic heterocycles. The Bertz CT molecular complexity index is 392. The molecule has 1 unspecified atom stereocenters. The molecule has 4 nitrogen and oxygen atoms in total. The molecule has 1 atom stereocenters. The third-order valence-corrected chi connectivity index (χ3v) is 2.86. The van der Waals surface area contributed by atoms with Gasteiger partial charge in [0, 0.05) is 17.8 Å². The van der Waals surface area contributed by atoms with Crippen LogP contribution in [0, 0.1) is 0 Å². The highest BCUT2D eigenvalue weighted by molar-refractivity contribution is 5.76. The second kappa shape index (κ2) is 4.53. The van der Waals surface area contributed by atoms with E-state index in [0.717, 1.165) is 11.3 Å². The van der Waals surface area contributed by atoms with Crippen LogP contribution in [0.1, 0.15) is 18.1 Å². The average Bonchev–Trinajstić information content (AvgIpc) is 2.33. The summed E-state index contributed by atoms with van der Waals surface area (Å²) in [5, 5.41) is 9.83. The van der Waals surface area contributed by atoms with Crippen molar-refractivity contribution in [3.05, 3.63) is 29.8 Å². The molecule has 0 saturated heterocycles. The van der Waals surface area contributed by atoms with Gasteiger partial charge in [0.05, 0.1) is 13.2 Å². The van der Waals surface area contributed by atoms with Crippen molar-refractivity contribution < 1.29 is 14.6 Å². The van der Waals surface area contributed by atoms with E-state index in [2.05, 4.69) is 4.74 Å². The first-order valence-corrected chi connectivity index (χ1v) is 5.31. The molecule has 0 spiro atoms. The number of aliphatic hydroxyl groups excluding tert-OH is 1. The maximum Gasteiger partial charge on any atom is 0.325 e. The van der Waals surface area contributed by atoms with E-state index in [9.17, 15) is 9.90 Å². The van der Waals surface area contributed by atoms with Crippen LogP contribution in [0.3, 0.4) is 0 Å². The first-order chi connectivity index (χ1) is 7.72. The molecule has 1 aliphatic rings. The number of rotatable bonds is 2. The van der Waals surface area contributed by atoms with Gasteiger partial charge >= 0.3 is 5.97 Å². The summed E-state index contributed by atoms with van der Waals surface area (Å²) in [4.78, 5) is 13.2. The second-order valence-electron chi connectivity index (χ2n) is 3.86. The Hall–Kier alpha value is -1.55. The van der Waals surface area contributed by atoms with Crippen LogP contribution in [0.25, 0.3) is 0 Å². The summed E-state index contributed by atoms with van der Waals surface area (Å²) in [5.41, 5.74) is 1.81. The van der Waals surface area contributed by atoms with Gasteiger partial charge in [0.2, 0.25) is 0 Å². The van der Waals surface area contributed by atoms with Crippen LogP contribution in [-0.2, 0) is 9.53 Å². The summed E-state index contributed by atoms with van der Waals surface area (Å²) in [6, 6.07) is 7.61. The first-order valence-electron chi connectivity index (χ1n) is 5.31. The molecule has 1 N–H and O–H groups in total. The number of anilines is 1. The number of hydrogen-bond donors (Lipinski definition) is 1. The van der Waals surface area contributed by atoms with Crippen molar-refractivity contribution in [1.82, 2.24) is 0 Å². The largest absolute Gasteiger partial charge is 0.468 e. The molecule has 0 aliphatic carbocycles. The van der Waals surface area contributed by atoms with Crippen LogP contribution in [0.4, 0.5) is 5.69 Å². The number of para-hydroxylation sites is 1. The Morgan fingerprint density at radius 1 is 1.56 bits per heavy atom. The molecule has 4 heteroatoms. The quantitative estimate of drug-likeness (QED) is 0.760. The molecule has 0 bridgehead atoms. The van der Waals surface area contributed by atoms with E-state index in [1.54, 1.807) is 0 Å². The molecule has 2 rings (SSSR count). The lowest BCUT2D eigenvalue weighted by atomic mass is 9.99. The Balaban J connectivity index is 2.24. The summed E-state index contributed by atoms with van der Waals surface area (Å²) in [6.07, 6.45) is 0.221. The minimum Gasteiger partial charge on any atom is -0.468 e. The smallest absolute Gasteiger partial charge is 0.325 e. The molecule has 0 saturated carbocycles. The molecule has 0 aromatic heterocycles. The van der Waals surface area contributed by atoms with Crippen LogP contribution >= 0.6 is 0 Å². The lowest BCUT2D eigenvalue weighted by molar-refractivity contribution is -0.139. The predicted octanol–water partition coefficient (Wildman–Crippen LogP) is 1.10. The Morgan fingerprint density at radius 2 is 2.31 bits per heavy atom. The molecular weight excluding hydrogens is 206 g/mol. The Labute approximate surface area is 94.4 Å². The fraction of sp³-hybridized carbons (Fsp3) is 0.417. The van der Waals surface area contributed by atoms with Gasteiger partial charge in [-0.3, -0.25) is 4.79 Å². The number of esters is 1. The van der Waals surface area contributed by atoms with Crippen LogP contribution in [0.2, 0.25) is 0 Å². The van der Waals surface area contributed by atoms with Crippen molar-refractivity contribution >= 4 is 11.7 Å². The number of ether oxygens (including phenoxy) is 1. The highest BCUT2D eigenvalue weighted by Crippen LogP contribution is 2.32. The number of methoxy groups -OCH3 is 1. The zero-order valence-corrected chi connectivity index (χ0v) is 9.22. The van der Waals surface area contributed by atoms with Crippen molar-refractivity contribution in [1.29, 1.82) is 0 Å². The molecule has 86 valence electrons. The maximum absolute atomic E-state index is 11.2. The van der Waals surface area contributed by atoms with Gasteiger partial charge in [0.15, 0.2) is 0 Å². The summed E-state index contributed by atoms with van der Waals surface area (Å²) in [7, 11) is 1.38. The minimum absolute atomic E-state index is 0.236. The van der Waals surface area contributed by atoms with Crippen LogP contribution < -0.4 is 4.90 Å². The molecule has 0 fully saturated rings. The molecule has 1 aromatic carbocycles. The van der Waals surface area contributed by atoms with Crippen LogP contribution in [-0.4, -0.2) is 31.3 Å².